The zero-order valence-electron chi connectivity index (χ0n) is 11.4. The molecule has 0 atom stereocenters. The zero-order valence-corrected chi connectivity index (χ0v) is 11.4. The van der Waals surface area contributed by atoms with Crippen molar-refractivity contribution >= 4 is 5.52 Å². The average Bonchev–Trinajstić information content (AvgIpc) is 2.78. The zero-order chi connectivity index (χ0) is 15.9. The normalized spacial score (nSPS) is 11.8. The Morgan fingerprint density at radius 3 is 2.68 bits per heavy atom. The number of rotatable bonds is 2. The molecule has 1 aromatic carbocycles. The minimum absolute atomic E-state index is 0.312. The van der Waals surface area contributed by atoms with Gasteiger partial charge in [-0.2, -0.15) is 0 Å². The van der Waals surface area contributed by atoms with Crippen LogP contribution in [0.5, 0.6) is 5.75 Å². The number of alkyl halides is 3. The number of aromatic amines is 1. The molecule has 0 bridgehead atoms. The Morgan fingerprint density at radius 2 is 1.95 bits per heavy atom. The van der Waals surface area contributed by atoms with E-state index in [0.29, 0.717) is 16.8 Å². The lowest BCUT2D eigenvalue weighted by atomic mass is 10.1. The number of aryl methyl sites for hydroxylation is 1. The lowest BCUT2D eigenvalue weighted by Crippen LogP contribution is -2.17. The van der Waals surface area contributed by atoms with E-state index in [9.17, 15) is 18.0 Å². The van der Waals surface area contributed by atoms with Crippen LogP contribution in [0.2, 0.25) is 0 Å². The third-order valence-electron chi connectivity index (χ3n) is 3.11. The molecule has 0 aliphatic rings. The average molecular weight is 308 g/mol. The number of benzene rings is 1. The van der Waals surface area contributed by atoms with Gasteiger partial charge in [0.05, 0.1) is 5.69 Å². The minimum atomic E-state index is -4.76. The summed E-state index contributed by atoms with van der Waals surface area (Å²) in [4.78, 5) is 14.7. The number of nitrogens with one attached hydrogen (secondary N) is 1. The van der Waals surface area contributed by atoms with Crippen molar-refractivity contribution in [1.82, 2.24) is 9.38 Å². The summed E-state index contributed by atoms with van der Waals surface area (Å²) in [6, 6.07) is 7.18. The van der Waals surface area contributed by atoms with Gasteiger partial charge in [-0.3, -0.25) is 4.79 Å². The Kier molecular flexibility index (Phi) is 3.20. The number of hydrogen-bond donors (Lipinski definition) is 1. The van der Waals surface area contributed by atoms with Crippen LogP contribution < -0.4 is 10.3 Å². The van der Waals surface area contributed by atoms with Crippen molar-refractivity contribution in [1.29, 1.82) is 0 Å². The second-order valence-electron chi connectivity index (χ2n) is 4.88. The van der Waals surface area contributed by atoms with Gasteiger partial charge in [0.15, 0.2) is 0 Å². The molecule has 0 unspecified atom stereocenters. The summed E-state index contributed by atoms with van der Waals surface area (Å²) in [7, 11) is 0. The van der Waals surface area contributed by atoms with Crippen molar-refractivity contribution in [3.8, 4) is 17.0 Å². The largest absolute Gasteiger partial charge is 0.573 e. The van der Waals surface area contributed by atoms with Crippen LogP contribution in [0, 0.1) is 6.92 Å². The molecule has 2 heterocycles. The van der Waals surface area contributed by atoms with Crippen LogP contribution >= 0.6 is 0 Å². The van der Waals surface area contributed by atoms with Crippen molar-refractivity contribution < 1.29 is 17.9 Å². The summed E-state index contributed by atoms with van der Waals surface area (Å²) in [6.07, 6.45) is -1.34. The Hall–Kier alpha value is -2.70. The summed E-state index contributed by atoms with van der Waals surface area (Å²) < 4.78 is 42.3. The van der Waals surface area contributed by atoms with Crippen LogP contribution in [0.1, 0.15) is 5.56 Å². The Bertz CT molecular complexity index is 894. The van der Waals surface area contributed by atoms with Gasteiger partial charge in [-0.1, -0.05) is 12.1 Å². The van der Waals surface area contributed by atoms with Gasteiger partial charge in [0, 0.05) is 18.0 Å². The lowest BCUT2D eigenvalue weighted by molar-refractivity contribution is -0.274. The molecule has 7 heteroatoms. The molecule has 0 saturated carbocycles. The van der Waals surface area contributed by atoms with E-state index >= 15 is 0 Å². The van der Waals surface area contributed by atoms with Crippen LogP contribution in [0.25, 0.3) is 16.8 Å². The third kappa shape index (κ3) is 2.83. The third-order valence-corrected chi connectivity index (χ3v) is 3.11. The monoisotopic (exact) mass is 308 g/mol. The highest BCUT2D eigenvalue weighted by molar-refractivity contribution is 5.62. The van der Waals surface area contributed by atoms with E-state index < -0.39 is 6.36 Å². The summed E-state index contributed by atoms with van der Waals surface area (Å²) in [5.74, 6) is -0.338. The molecule has 0 fully saturated rings. The van der Waals surface area contributed by atoms with Crippen LogP contribution in [-0.4, -0.2) is 15.7 Å². The van der Waals surface area contributed by atoms with Gasteiger partial charge in [0.2, 0.25) is 0 Å². The molecule has 0 aliphatic heterocycles. The molecular weight excluding hydrogens is 297 g/mol. The fraction of sp³-hybridized carbons (Fsp3) is 0.133. The van der Waals surface area contributed by atoms with Crippen molar-refractivity contribution in [2.45, 2.75) is 13.3 Å². The summed E-state index contributed by atoms with van der Waals surface area (Å²) in [5, 5.41) is 0. The number of aromatic nitrogens is 2. The molecule has 114 valence electrons. The quantitative estimate of drug-likeness (QED) is 0.787. The topological polar surface area (TPSA) is 46.5 Å². The van der Waals surface area contributed by atoms with E-state index in [1.165, 1.54) is 18.2 Å². The van der Waals surface area contributed by atoms with Gasteiger partial charge in [0.25, 0.3) is 5.56 Å². The van der Waals surface area contributed by atoms with E-state index in [1.54, 1.807) is 28.9 Å². The van der Waals surface area contributed by atoms with Crippen molar-refractivity contribution in [3.63, 3.8) is 0 Å². The Morgan fingerprint density at radius 1 is 1.18 bits per heavy atom. The molecule has 1 N–H and O–H groups in total. The Labute approximate surface area is 122 Å². The van der Waals surface area contributed by atoms with Gasteiger partial charge in [-0.05, 0) is 30.7 Å². The molecule has 22 heavy (non-hydrogen) atoms. The first kappa shape index (κ1) is 14.2. The molecule has 0 saturated heterocycles. The minimum Gasteiger partial charge on any atom is -0.406 e. The van der Waals surface area contributed by atoms with Gasteiger partial charge in [0.1, 0.15) is 11.3 Å². The van der Waals surface area contributed by atoms with Crippen LogP contribution in [0.15, 0.2) is 47.5 Å². The summed E-state index contributed by atoms with van der Waals surface area (Å²) in [5.41, 5.74) is 1.90. The molecule has 0 radical (unpaired) electrons. The highest BCUT2D eigenvalue weighted by Crippen LogP contribution is 2.26. The van der Waals surface area contributed by atoms with Gasteiger partial charge in [-0.15, -0.1) is 13.2 Å². The second kappa shape index (κ2) is 4.94. The predicted octanol–water partition coefficient (Wildman–Crippen LogP) is 3.50. The fourth-order valence-electron chi connectivity index (χ4n) is 2.27. The smallest absolute Gasteiger partial charge is 0.406 e. The highest BCUT2D eigenvalue weighted by Gasteiger charge is 2.31. The molecule has 3 aromatic rings. The summed E-state index contributed by atoms with van der Waals surface area (Å²) >= 11 is 0. The fourth-order valence-corrected chi connectivity index (χ4v) is 2.27. The summed E-state index contributed by atoms with van der Waals surface area (Å²) in [6.45, 7) is 1.85. The number of ether oxygens (including phenoxy) is 1. The number of fused-ring (bicyclic) bond motifs is 1. The number of H-pyrrole nitrogens is 1. The van der Waals surface area contributed by atoms with E-state index in [4.69, 9.17) is 0 Å². The van der Waals surface area contributed by atoms with E-state index in [0.717, 1.165) is 5.56 Å². The van der Waals surface area contributed by atoms with Crippen molar-refractivity contribution in [2.75, 3.05) is 0 Å². The van der Waals surface area contributed by atoms with E-state index in [1.807, 2.05) is 6.92 Å². The number of hydrogen-bond acceptors (Lipinski definition) is 2. The van der Waals surface area contributed by atoms with Crippen LogP contribution in [0.3, 0.4) is 0 Å². The maximum atomic E-state index is 12.3. The second-order valence-corrected chi connectivity index (χ2v) is 4.88. The molecule has 0 aliphatic carbocycles. The maximum Gasteiger partial charge on any atom is 0.573 e. The van der Waals surface area contributed by atoms with Crippen molar-refractivity contribution in [2.24, 2.45) is 0 Å². The van der Waals surface area contributed by atoms with Gasteiger partial charge in [-0.25, -0.2) is 0 Å². The van der Waals surface area contributed by atoms with E-state index in [-0.39, 0.29) is 11.3 Å². The number of nitrogens with zero attached hydrogens (tertiary/aromatic N) is 1. The molecular formula is C15H11F3N2O2. The predicted molar refractivity (Wildman–Crippen MR) is 74.9 cm³/mol. The maximum absolute atomic E-state index is 12.3. The SMILES string of the molecule is Cc1cc2c(=O)[nH]c(-c3cccc(OC(F)(F)F)c3)cn2c1. The van der Waals surface area contributed by atoms with Gasteiger partial charge >= 0.3 is 6.36 Å². The Balaban J connectivity index is 2.07. The first-order valence-corrected chi connectivity index (χ1v) is 6.40. The standard InChI is InChI=1S/C15H11F3N2O2/c1-9-5-13-14(21)19-12(8-20(13)7-9)10-3-2-4-11(6-10)22-15(16,17)18/h2-8H,1H3,(H,19,21). The highest BCUT2D eigenvalue weighted by atomic mass is 19.4. The lowest BCUT2D eigenvalue weighted by Gasteiger charge is -2.10. The van der Waals surface area contributed by atoms with Crippen molar-refractivity contribution in [3.05, 3.63) is 58.6 Å². The van der Waals surface area contributed by atoms with Crippen LogP contribution in [0.4, 0.5) is 13.2 Å². The molecule has 4 nitrogen and oxygen atoms in total. The first-order valence-electron chi connectivity index (χ1n) is 6.40. The molecule has 0 spiro atoms. The first-order chi connectivity index (χ1) is 10.3. The molecule has 0 amide bonds. The van der Waals surface area contributed by atoms with Crippen LogP contribution in [-0.2, 0) is 0 Å². The molecule has 3 rings (SSSR count). The molecule has 2 aromatic heterocycles. The van der Waals surface area contributed by atoms with Gasteiger partial charge < -0.3 is 14.1 Å². The van der Waals surface area contributed by atoms with E-state index in [2.05, 4.69) is 9.72 Å². The number of halogens is 3.